The Bertz CT molecular complexity index is 417. The van der Waals surface area contributed by atoms with Crippen molar-refractivity contribution in [2.75, 3.05) is 13.1 Å². The smallest absolute Gasteiger partial charge is 0.0282 e. The summed E-state index contributed by atoms with van der Waals surface area (Å²) in [5.41, 5.74) is 3.27. The minimum Gasteiger partial charge on any atom is -0.309 e. The normalized spacial score (nSPS) is 22.4. The Hall–Kier alpha value is -0.860. The molecule has 0 atom stereocenters. The molecule has 1 saturated heterocycles. The molecule has 0 aliphatic carbocycles. The molecule has 0 aromatic heterocycles. The first-order chi connectivity index (χ1) is 8.82. The van der Waals surface area contributed by atoms with Crippen molar-refractivity contribution in [2.45, 2.75) is 58.7 Å². The summed E-state index contributed by atoms with van der Waals surface area (Å²) in [5.74, 6) is 0. The molecule has 2 heteroatoms. The van der Waals surface area contributed by atoms with Gasteiger partial charge in [0.2, 0.25) is 0 Å². The fourth-order valence-corrected chi connectivity index (χ4v) is 2.69. The van der Waals surface area contributed by atoms with Crippen molar-refractivity contribution >= 4 is 0 Å². The van der Waals surface area contributed by atoms with E-state index in [1.165, 1.54) is 11.1 Å². The maximum Gasteiger partial charge on any atom is 0.0282 e. The summed E-state index contributed by atoms with van der Waals surface area (Å²) in [4.78, 5) is 2.60. The number of aryl methyl sites for hydroxylation is 1. The molecule has 1 aromatic carbocycles. The lowest BCUT2D eigenvalue weighted by atomic mass is 9.91. The summed E-state index contributed by atoms with van der Waals surface area (Å²) >= 11 is 0. The molecule has 1 aliphatic heterocycles. The highest BCUT2D eigenvalue weighted by Gasteiger charge is 2.37. The largest absolute Gasteiger partial charge is 0.309 e. The van der Waals surface area contributed by atoms with Crippen molar-refractivity contribution in [3.63, 3.8) is 0 Å². The van der Waals surface area contributed by atoms with Gasteiger partial charge in [0, 0.05) is 30.7 Å². The average Bonchev–Trinajstić information content (AvgIpc) is 2.35. The number of benzene rings is 1. The first-order valence-corrected chi connectivity index (χ1v) is 7.40. The van der Waals surface area contributed by atoms with Crippen LogP contribution in [0.3, 0.4) is 0 Å². The van der Waals surface area contributed by atoms with Gasteiger partial charge in [-0.25, -0.2) is 0 Å². The van der Waals surface area contributed by atoms with Gasteiger partial charge in [0.05, 0.1) is 0 Å². The van der Waals surface area contributed by atoms with Crippen molar-refractivity contribution < 1.29 is 0 Å². The molecule has 0 unspecified atom stereocenters. The number of nitrogens with one attached hydrogen (secondary N) is 1. The SMILES string of the molecule is CCc1ccc(CN2CC(C)(C)NCC2(C)C)cc1. The predicted molar refractivity (Wildman–Crippen MR) is 82.4 cm³/mol. The zero-order chi connectivity index (χ0) is 14.1. The van der Waals surface area contributed by atoms with Crippen LogP contribution in [0, 0.1) is 0 Å². The molecule has 0 amide bonds. The number of hydrogen-bond donors (Lipinski definition) is 1. The molecule has 1 heterocycles. The minimum atomic E-state index is 0.207. The molecule has 0 bridgehead atoms. The maximum atomic E-state index is 3.64. The first-order valence-electron chi connectivity index (χ1n) is 7.40. The van der Waals surface area contributed by atoms with Crippen LogP contribution >= 0.6 is 0 Å². The van der Waals surface area contributed by atoms with Crippen molar-refractivity contribution in [1.82, 2.24) is 10.2 Å². The van der Waals surface area contributed by atoms with E-state index in [0.717, 1.165) is 26.1 Å². The van der Waals surface area contributed by atoms with Crippen LogP contribution in [0.5, 0.6) is 0 Å². The van der Waals surface area contributed by atoms with Crippen molar-refractivity contribution in [1.29, 1.82) is 0 Å². The van der Waals surface area contributed by atoms with Crippen LogP contribution in [0.4, 0.5) is 0 Å². The molecule has 19 heavy (non-hydrogen) atoms. The lowest BCUT2D eigenvalue weighted by molar-refractivity contribution is 0.0324. The predicted octanol–water partition coefficient (Wildman–Crippen LogP) is 3.21. The second-order valence-corrected chi connectivity index (χ2v) is 7.08. The Labute approximate surface area is 118 Å². The van der Waals surface area contributed by atoms with E-state index in [1.54, 1.807) is 0 Å². The van der Waals surface area contributed by atoms with E-state index in [2.05, 4.69) is 69.1 Å². The third-order valence-electron chi connectivity index (χ3n) is 4.25. The van der Waals surface area contributed by atoms with Crippen LogP contribution in [-0.4, -0.2) is 29.1 Å². The molecule has 1 aromatic rings. The Morgan fingerprint density at radius 2 is 1.63 bits per heavy atom. The molecule has 2 rings (SSSR count). The quantitative estimate of drug-likeness (QED) is 0.898. The van der Waals surface area contributed by atoms with Gasteiger partial charge in [0.25, 0.3) is 0 Å². The summed E-state index contributed by atoms with van der Waals surface area (Å²) in [7, 11) is 0. The van der Waals surface area contributed by atoms with Gasteiger partial charge in [-0.1, -0.05) is 31.2 Å². The topological polar surface area (TPSA) is 15.3 Å². The van der Waals surface area contributed by atoms with Gasteiger partial charge >= 0.3 is 0 Å². The zero-order valence-electron chi connectivity index (χ0n) is 13.1. The fourth-order valence-electron chi connectivity index (χ4n) is 2.69. The standard InChI is InChI=1S/C17H28N2/c1-6-14-7-9-15(10-8-14)11-19-13-16(2,3)18-12-17(19,4)5/h7-10,18H,6,11-13H2,1-5H3. The van der Waals surface area contributed by atoms with Crippen LogP contribution < -0.4 is 5.32 Å². The number of hydrogen-bond acceptors (Lipinski definition) is 2. The number of piperazine rings is 1. The Morgan fingerprint density at radius 1 is 1.05 bits per heavy atom. The fraction of sp³-hybridized carbons (Fsp3) is 0.647. The first kappa shape index (κ1) is 14.5. The minimum absolute atomic E-state index is 0.207. The van der Waals surface area contributed by atoms with Crippen molar-refractivity contribution in [3.05, 3.63) is 35.4 Å². The monoisotopic (exact) mass is 260 g/mol. The number of nitrogens with zero attached hydrogens (tertiary/aromatic N) is 1. The third-order valence-corrected chi connectivity index (χ3v) is 4.25. The van der Waals surface area contributed by atoms with E-state index in [4.69, 9.17) is 0 Å². The molecule has 0 spiro atoms. The molecule has 0 radical (unpaired) electrons. The van der Waals surface area contributed by atoms with Crippen molar-refractivity contribution in [3.8, 4) is 0 Å². The number of rotatable bonds is 3. The van der Waals surface area contributed by atoms with Gasteiger partial charge in [-0.15, -0.1) is 0 Å². The molecule has 1 fully saturated rings. The highest BCUT2D eigenvalue weighted by Crippen LogP contribution is 2.25. The second kappa shape index (κ2) is 5.26. The van der Waals surface area contributed by atoms with E-state index in [-0.39, 0.29) is 11.1 Å². The van der Waals surface area contributed by atoms with Crippen LogP contribution in [-0.2, 0) is 13.0 Å². The van der Waals surface area contributed by atoms with Gasteiger partial charge in [-0.05, 0) is 45.2 Å². The van der Waals surface area contributed by atoms with Gasteiger partial charge in [0.15, 0.2) is 0 Å². The summed E-state index contributed by atoms with van der Waals surface area (Å²) in [6, 6.07) is 9.08. The summed E-state index contributed by atoms with van der Waals surface area (Å²) in [6.45, 7) is 14.6. The van der Waals surface area contributed by atoms with Gasteiger partial charge in [-0.3, -0.25) is 4.90 Å². The molecule has 0 saturated carbocycles. The highest BCUT2D eigenvalue weighted by atomic mass is 15.3. The summed E-state index contributed by atoms with van der Waals surface area (Å²) in [6.07, 6.45) is 1.12. The lowest BCUT2D eigenvalue weighted by Gasteiger charge is -2.49. The van der Waals surface area contributed by atoms with Crippen LogP contribution in [0.1, 0.15) is 45.7 Å². The van der Waals surface area contributed by atoms with Crippen molar-refractivity contribution in [2.24, 2.45) is 0 Å². The average molecular weight is 260 g/mol. The van der Waals surface area contributed by atoms with Gasteiger partial charge < -0.3 is 5.32 Å². The highest BCUT2D eigenvalue weighted by molar-refractivity contribution is 5.22. The molecule has 1 N–H and O–H groups in total. The molecule has 2 nitrogen and oxygen atoms in total. The second-order valence-electron chi connectivity index (χ2n) is 7.08. The Balaban J connectivity index is 2.10. The summed E-state index contributed by atoms with van der Waals surface area (Å²) in [5, 5.41) is 3.64. The van der Waals surface area contributed by atoms with Crippen LogP contribution in [0.15, 0.2) is 24.3 Å². The van der Waals surface area contributed by atoms with Crippen LogP contribution in [0.2, 0.25) is 0 Å². The Morgan fingerprint density at radius 3 is 2.21 bits per heavy atom. The molecule has 106 valence electrons. The zero-order valence-corrected chi connectivity index (χ0v) is 13.1. The third kappa shape index (κ3) is 3.58. The van der Waals surface area contributed by atoms with Crippen LogP contribution in [0.25, 0.3) is 0 Å². The molecule has 1 aliphatic rings. The van der Waals surface area contributed by atoms with E-state index < -0.39 is 0 Å². The van der Waals surface area contributed by atoms with Gasteiger partial charge in [-0.2, -0.15) is 0 Å². The summed E-state index contributed by atoms with van der Waals surface area (Å²) < 4.78 is 0. The molecular formula is C17H28N2. The van der Waals surface area contributed by atoms with Gasteiger partial charge in [0.1, 0.15) is 0 Å². The van der Waals surface area contributed by atoms with E-state index in [0.29, 0.717) is 0 Å². The Kier molecular flexibility index (Phi) is 4.03. The molecular weight excluding hydrogens is 232 g/mol. The van der Waals surface area contributed by atoms with E-state index >= 15 is 0 Å². The lowest BCUT2D eigenvalue weighted by Crippen LogP contribution is -2.65. The van der Waals surface area contributed by atoms with E-state index in [1.807, 2.05) is 0 Å². The maximum absolute atomic E-state index is 3.64. The van der Waals surface area contributed by atoms with E-state index in [9.17, 15) is 0 Å².